The smallest absolute Gasteiger partial charge is 0.328 e. The molecule has 3 aromatic heterocycles. The van der Waals surface area contributed by atoms with Gasteiger partial charge < -0.3 is 4.98 Å². The van der Waals surface area contributed by atoms with E-state index in [0.717, 1.165) is 11.4 Å². The van der Waals surface area contributed by atoms with E-state index in [1.807, 2.05) is 20.0 Å². The van der Waals surface area contributed by atoms with Crippen molar-refractivity contribution in [1.82, 2.24) is 29.3 Å². The third-order valence-corrected chi connectivity index (χ3v) is 3.50. The van der Waals surface area contributed by atoms with Gasteiger partial charge in [0, 0.05) is 13.6 Å². The van der Waals surface area contributed by atoms with Gasteiger partial charge in [0.05, 0.1) is 5.69 Å². The van der Waals surface area contributed by atoms with Gasteiger partial charge >= 0.3 is 5.69 Å². The summed E-state index contributed by atoms with van der Waals surface area (Å²) in [5, 5.41) is 4.29. The van der Waals surface area contributed by atoms with Crippen LogP contribution < -0.4 is 5.69 Å². The second-order valence-corrected chi connectivity index (χ2v) is 5.15. The number of rotatable bonds is 3. The molecule has 0 fully saturated rings. The second kappa shape index (κ2) is 4.81. The number of imidazole rings is 1. The van der Waals surface area contributed by atoms with Gasteiger partial charge in [0.15, 0.2) is 11.5 Å². The first kappa shape index (κ1) is 13.5. The molecule has 0 saturated carbocycles. The molecule has 21 heavy (non-hydrogen) atoms. The number of aromatic amines is 2. The summed E-state index contributed by atoms with van der Waals surface area (Å²) in [5.41, 5.74) is 2.56. The van der Waals surface area contributed by atoms with Gasteiger partial charge in [-0.2, -0.15) is 5.10 Å². The van der Waals surface area contributed by atoms with Crippen molar-refractivity contribution in [3.05, 3.63) is 39.5 Å². The molecule has 0 amide bonds. The number of H-pyrrole nitrogens is 2. The predicted octanol–water partition coefficient (Wildman–Crippen LogP) is 1.68. The van der Waals surface area contributed by atoms with Gasteiger partial charge in [0.2, 0.25) is 0 Å². The quantitative estimate of drug-likeness (QED) is 0.569. The first-order valence-electron chi connectivity index (χ1n) is 6.36. The van der Waals surface area contributed by atoms with Crippen molar-refractivity contribution in [3.63, 3.8) is 0 Å². The minimum atomic E-state index is -0.299. The Balaban J connectivity index is 2.34. The molecule has 8 heteroatoms. The van der Waals surface area contributed by atoms with Crippen LogP contribution in [0.5, 0.6) is 0 Å². The molecule has 0 saturated heterocycles. The maximum atomic E-state index is 12.0. The van der Waals surface area contributed by atoms with Crippen LogP contribution in [-0.4, -0.2) is 29.3 Å². The number of nitrogens with one attached hydrogen (secondary N) is 2. The maximum Gasteiger partial charge on any atom is 0.328 e. The standard InChI is InChI=1S/C13H14N6OS/c1-4-5-19-11-9(12(21)16-13(19)20)14-10(15-11)8-6-7(2)17-18(8)3/h4,6H,1,5H2,2-3H3,(H,14,15)(H,16,20,21). The zero-order valence-electron chi connectivity index (χ0n) is 11.7. The highest BCUT2D eigenvalue weighted by atomic mass is 32.1. The fourth-order valence-corrected chi connectivity index (χ4v) is 2.52. The van der Waals surface area contributed by atoms with Crippen LogP contribution in [0.1, 0.15) is 5.69 Å². The number of nitrogens with zero attached hydrogens (tertiary/aromatic N) is 4. The lowest BCUT2D eigenvalue weighted by molar-refractivity contribution is 0.758. The van der Waals surface area contributed by atoms with E-state index in [1.54, 1.807) is 10.8 Å². The van der Waals surface area contributed by atoms with Gasteiger partial charge in [-0.1, -0.05) is 18.3 Å². The largest absolute Gasteiger partial charge is 0.333 e. The van der Waals surface area contributed by atoms with E-state index in [1.165, 1.54) is 4.57 Å². The molecule has 0 radical (unpaired) electrons. The summed E-state index contributed by atoms with van der Waals surface area (Å²) in [4.78, 5) is 22.3. The first-order valence-corrected chi connectivity index (χ1v) is 6.77. The van der Waals surface area contributed by atoms with E-state index in [0.29, 0.717) is 28.2 Å². The van der Waals surface area contributed by atoms with Crippen molar-refractivity contribution < 1.29 is 0 Å². The van der Waals surface area contributed by atoms with Crippen LogP contribution in [0.4, 0.5) is 0 Å². The number of hydrogen-bond donors (Lipinski definition) is 2. The summed E-state index contributed by atoms with van der Waals surface area (Å²) in [6.07, 6.45) is 1.64. The Hall–Kier alpha value is -2.48. The number of aromatic nitrogens is 6. The summed E-state index contributed by atoms with van der Waals surface area (Å²) in [6.45, 7) is 5.92. The van der Waals surface area contributed by atoms with Crippen LogP contribution in [0.2, 0.25) is 0 Å². The summed E-state index contributed by atoms with van der Waals surface area (Å²) in [5.74, 6) is 0.621. The van der Waals surface area contributed by atoms with Gasteiger partial charge in [-0.3, -0.25) is 14.2 Å². The third kappa shape index (κ3) is 2.13. The Morgan fingerprint density at radius 1 is 1.48 bits per heavy atom. The Bertz CT molecular complexity index is 957. The van der Waals surface area contributed by atoms with E-state index in [9.17, 15) is 4.79 Å². The molecule has 0 unspecified atom stereocenters. The monoisotopic (exact) mass is 302 g/mol. The zero-order valence-corrected chi connectivity index (χ0v) is 12.5. The molecule has 3 aromatic rings. The van der Waals surface area contributed by atoms with Crippen LogP contribution in [0.25, 0.3) is 22.7 Å². The molecule has 7 nitrogen and oxygen atoms in total. The zero-order chi connectivity index (χ0) is 15.1. The minimum absolute atomic E-state index is 0.299. The summed E-state index contributed by atoms with van der Waals surface area (Å²) >= 11 is 5.20. The molecule has 0 aliphatic rings. The van der Waals surface area contributed by atoms with E-state index >= 15 is 0 Å². The number of aryl methyl sites for hydroxylation is 2. The van der Waals surface area contributed by atoms with Gasteiger partial charge in [-0.05, 0) is 13.0 Å². The van der Waals surface area contributed by atoms with Crippen LogP contribution in [-0.2, 0) is 13.6 Å². The molecule has 0 aliphatic heterocycles. The molecule has 0 spiro atoms. The minimum Gasteiger partial charge on any atom is -0.333 e. The van der Waals surface area contributed by atoms with Crippen molar-refractivity contribution in [2.75, 3.05) is 0 Å². The van der Waals surface area contributed by atoms with Crippen molar-refractivity contribution >= 4 is 23.4 Å². The van der Waals surface area contributed by atoms with Gasteiger partial charge in [0.25, 0.3) is 0 Å². The number of allylic oxidation sites excluding steroid dienone is 1. The topological polar surface area (TPSA) is 84.3 Å². The van der Waals surface area contributed by atoms with E-state index < -0.39 is 0 Å². The number of hydrogen-bond acceptors (Lipinski definition) is 4. The maximum absolute atomic E-state index is 12.0. The molecule has 0 aliphatic carbocycles. The van der Waals surface area contributed by atoms with Crippen molar-refractivity contribution in [2.45, 2.75) is 13.5 Å². The van der Waals surface area contributed by atoms with Crippen molar-refractivity contribution in [2.24, 2.45) is 7.05 Å². The highest BCUT2D eigenvalue weighted by Crippen LogP contribution is 2.20. The summed E-state index contributed by atoms with van der Waals surface area (Å²) in [7, 11) is 1.84. The van der Waals surface area contributed by atoms with E-state index in [2.05, 4.69) is 26.6 Å². The molecule has 0 bridgehead atoms. The molecule has 3 heterocycles. The normalized spacial score (nSPS) is 11.1. The van der Waals surface area contributed by atoms with Gasteiger partial charge in [0.1, 0.15) is 15.9 Å². The highest BCUT2D eigenvalue weighted by Gasteiger charge is 2.14. The summed E-state index contributed by atoms with van der Waals surface area (Å²) in [6, 6.07) is 1.92. The Morgan fingerprint density at radius 2 is 2.24 bits per heavy atom. The first-order chi connectivity index (χ1) is 10.0. The average Bonchev–Trinajstić information content (AvgIpc) is 2.98. The second-order valence-electron chi connectivity index (χ2n) is 4.74. The fraction of sp³-hybridized carbons (Fsp3) is 0.231. The molecular formula is C13H14N6OS. The number of fused-ring (bicyclic) bond motifs is 1. The van der Waals surface area contributed by atoms with Crippen LogP contribution in [0, 0.1) is 11.6 Å². The predicted molar refractivity (Wildman–Crippen MR) is 82.7 cm³/mol. The van der Waals surface area contributed by atoms with Crippen LogP contribution >= 0.6 is 12.2 Å². The lowest BCUT2D eigenvalue weighted by Crippen LogP contribution is -2.23. The Kier molecular flexibility index (Phi) is 3.09. The van der Waals surface area contributed by atoms with Crippen LogP contribution in [0.15, 0.2) is 23.5 Å². The van der Waals surface area contributed by atoms with E-state index in [4.69, 9.17) is 12.2 Å². The lowest BCUT2D eigenvalue weighted by Gasteiger charge is -2.01. The highest BCUT2D eigenvalue weighted by molar-refractivity contribution is 7.71. The molecule has 0 atom stereocenters. The van der Waals surface area contributed by atoms with Gasteiger partial charge in [-0.25, -0.2) is 9.78 Å². The third-order valence-electron chi connectivity index (χ3n) is 3.19. The van der Waals surface area contributed by atoms with Crippen molar-refractivity contribution in [3.8, 4) is 11.5 Å². The molecule has 0 aromatic carbocycles. The van der Waals surface area contributed by atoms with Crippen molar-refractivity contribution in [1.29, 1.82) is 0 Å². The van der Waals surface area contributed by atoms with E-state index in [-0.39, 0.29) is 5.69 Å². The molecule has 2 N–H and O–H groups in total. The van der Waals surface area contributed by atoms with Crippen LogP contribution in [0.3, 0.4) is 0 Å². The van der Waals surface area contributed by atoms with Gasteiger partial charge in [-0.15, -0.1) is 6.58 Å². The molecular weight excluding hydrogens is 288 g/mol. The SMILES string of the molecule is C=CCn1c(=O)[nH]c(=S)c2[nH]c(-c3cc(C)nn3C)nc21. The fourth-order valence-electron chi connectivity index (χ4n) is 2.29. The molecule has 3 rings (SSSR count). The average molecular weight is 302 g/mol. The Labute approximate surface area is 125 Å². The Morgan fingerprint density at radius 3 is 2.86 bits per heavy atom. The lowest BCUT2D eigenvalue weighted by atomic mass is 10.3. The summed E-state index contributed by atoms with van der Waals surface area (Å²) < 4.78 is 3.56. The molecule has 108 valence electrons.